The van der Waals surface area contributed by atoms with Crippen LogP contribution in [-0.4, -0.2) is 19.9 Å². The second-order valence-corrected chi connectivity index (χ2v) is 24.2. The third-order valence-electron chi connectivity index (χ3n) is 13.6. The molecule has 0 N–H and O–H groups in total. The van der Waals surface area contributed by atoms with E-state index in [9.17, 15) is 0 Å². The predicted molar refractivity (Wildman–Crippen MR) is 335 cm³/mol. The fourth-order valence-corrected chi connectivity index (χ4v) is 13.2. The summed E-state index contributed by atoms with van der Waals surface area (Å²) in [6.45, 7) is 20.8. The van der Waals surface area contributed by atoms with Gasteiger partial charge in [-0.15, -0.1) is 0 Å². The van der Waals surface area contributed by atoms with Gasteiger partial charge in [0.1, 0.15) is 60.3 Å². The smallest absolute Gasteiger partial charge is 0.235 e. The van der Waals surface area contributed by atoms with Crippen molar-refractivity contribution >= 4 is 86.7 Å². The maximum atomic E-state index is 8.17. The molecule has 0 aliphatic carbocycles. The highest BCUT2D eigenvalue weighted by Gasteiger charge is 2.23. The maximum Gasteiger partial charge on any atom is 0.289 e. The van der Waals surface area contributed by atoms with Crippen LogP contribution in [0.3, 0.4) is 0 Å². The molecule has 12 aromatic rings. The van der Waals surface area contributed by atoms with Gasteiger partial charge in [-0.2, -0.15) is 18.3 Å². The van der Waals surface area contributed by atoms with Gasteiger partial charge in [0, 0.05) is 59.7 Å². The average molecular weight is 1110 g/mol. The molecule has 0 saturated carbocycles. The third-order valence-corrected chi connectivity index (χ3v) is 18.6. The highest BCUT2D eigenvalue weighted by molar-refractivity contribution is 7.18. The minimum Gasteiger partial charge on any atom is -0.235 e. The Morgan fingerprint density at radius 3 is 0.885 bits per heavy atom. The third kappa shape index (κ3) is 12.3. The SMILES string of the molecule is C.C.Cc1ccccc1-c1ccc2nc(C(C)C)sc2[n+]1C.Cc1nc2ccc(-c3ccccc3C)[n+](C)c2s1.Cc1nc2ccc(-c3ccccc3C)[n+](C)c2s1.[2H]C(C)(C)c1nc2ccc(-c3ccccc3C)[n+](C)c2s1. The normalized spacial score (nSPS) is 11.3. The van der Waals surface area contributed by atoms with Crippen LogP contribution in [0.1, 0.15) is 98.0 Å². The summed E-state index contributed by atoms with van der Waals surface area (Å²) in [7, 11) is 8.43. The van der Waals surface area contributed by atoms with Gasteiger partial charge in [0.15, 0.2) is 0 Å². The average Bonchev–Trinajstić information content (AvgIpc) is 4.26. The lowest BCUT2D eigenvalue weighted by atomic mass is 10.1. The Morgan fingerprint density at radius 1 is 0.346 bits per heavy atom. The van der Waals surface area contributed by atoms with E-state index in [1.54, 1.807) is 45.3 Å². The number of hydrogen-bond donors (Lipinski definition) is 0. The molecule has 78 heavy (non-hydrogen) atoms. The molecule has 0 saturated heterocycles. The first-order chi connectivity index (χ1) is 36.8. The number of rotatable bonds is 6. The summed E-state index contributed by atoms with van der Waals surface area (Å²) in [6.07, 6.45) is 0. The number of pyridine rings is 4. The van der Waals surface area contributed by atoms with Gasteiger partial charge < -0.3 is 0 Å². The van der Waals surface area contributed by atoms with Crippen molar-refractivity contribution in [2.45, 2.75) is 95.9 Å². The van der Waals surface area contributed by atoms with Gasteiger partial charge >= 0.3 is 0 Å². The Balaban J connectivity index is 0.000000151. The zero-order chi connectivity index (χ0) is 54.9. The number of aromatic nitrogens is 8. The molecule has 0 atom stereocenters. The molecule has 12 rings (SSSR count). The summed E-state index contributed by atoms with van der Waals surface area (Å²) in [6, 6.07) is 50.9. The van der Waals surface area contributed by atoms with Crippen LogP contribution in [0.5, 0.6) is 0 Å². The Kier molecular flexibility index (Phi) is 18.5. The Bertz CT molecular complexity index is 3970. The minimum absolute atomic E-state index is 0. The van der Waals surface area contributed by atoms with Gasteiger partial charge in [-0.1, -0.05) is 161 Å². The number of nitrogens with zero attached hydrogens (tertiary/aromatic N) is 8. The monoisotopic (exact) mass is 1110 g/mol. The number of benzene rings is 4. The number of fused-ring (bicyclic) bond motifs is 4. The van der Waals surface area contributed by atoms with E-state index in [1.165, 1.54) is 86.8 Å². The Labute approximate surface area is 480 Å². The van der Waals surface area contributed by atoms with Crippen LogP contribution in [0.25, 0.3) is 86.4 Å². The van der Waals surface area contributed by atoms with Gasteiger partial charge in [0.05, 0.1) is 10.0 Å². The van der Waals surface area contributed by atoms with Crippen molar-refractivity contribution < 1.29 is 19.6 Å². The Hall–Kier alpha value is -6.96. The molecule has 4 aromatic carbocycles. The lowest BCUT2D eigenvalue weighted by Crippen LogP contribution is -2.31. The molecule has 0 radical (unpaired) electrons. The molecular formula is C66H76N8S4+4. The quantitative estimate of drug-likeness (QED) is 0.156. The van der Waals surface area contributed by atoms with Gasteiger partial charge in [0.25, 0.3) is 19.3 Å². The molecule has 0 aliphatic rings. The van der Waals surface area contributed by atoms with E-state index in [2.05, 4.69) is 262 Å². The summed E-state index contributed by atoms with van der Waals surface area (Å²) >= 11 is 6.90. The molecule has 400 valence electrons. The van der Waals surface area contributed by atoms with Gasteiger partial charge in [-0.05, 0) is 112 Å². The molecular weight excluding hydrogens is 1030 g/mol. The summed E-state index contributed by atoms with van der Waals surface area (Å²) in [5, 5.41) is 4.29. The van der Waals surface area contributed by atoms with Crippen molar-refractivity contribution in [1.82, 2.24) is 19.9 Å². The van der Waals surface area contributed by atoms with Crippen molar-refractivity contribution in [3.05, 3.63) is 188 Å². The molecule has 0 bridgehead atoms. The molecule has 0 amide bonds. The van der Waals surface area contributed by atoms with Crippen LogP contribution in [0.4, 0.5) is 0 Å². The standard InChI is InChI=1S/2C17H19N2S.2C15H15N2S.2CH4/c2*1-11(2)16-18-14-9-10-15(19(4)17(14)20-16)13-8-6-5-7-12(13)3;2*1-10-6-4-5-7-12(10)14-9-8-13-15(17(14)3)18-11(2)16-13;;/h2*5-11H,1-4H3;2*4-9H,1-3H3;2*1H4/q4*+1;;/i11D;;;;;. The van der Waals surface area contributed by atoms with Crippen molar-refractivity contribution in [1.29, 1.82) is 0 Å². The fourth-order valence-electron chi connectivity index (χ4n) is 9.42. The summed E-state index contributed by atoms with van der Waals surface area (Å²) in [5.41, 5.74) is 19.4. The van der Waals surface area contributed by atoms with E-state index in [-0.39, 0.29) is 14.9 Å². The highest BCUT2D eigenvalue weighted by Crippen LogP contribution is 2.31. The van der Waals surface area contributed by atoms with E-state index in [1.807, 2.05) is 13.8 Å². The fraction of sp³-hybridized carbons (Fsp3) is 0.273. The molecule has 0 aliphatic heterocycles. The van der Waals surface area contributed by atoms with E-state index in [4.69, 9.17) is 6.35 Å². The van der Waals surface area contributed by atoms with Crippen LogP contribution in [0.2, 0.25) is 0 Å². The molecule has 8 aromatic heterocycles. The molecule has 12 heteroatoms. The maximum absolute atomic E-state index is 8.17. The first-order valence-electron chi connectivity index (χ1n) is 26.1. The zero-order valence-electron chi connectivity index (χ0n) is 47.1. The van der Waals surface area contributed by atoms with Crippen LogP contribution >= 0.6 is 45.3 Å². The zero-order valence-corrected chi connectivity index (χ0v) is 49.4. The highest BCUT2D eigenvalue weighted by atomic mass is 32.1. The molecule has 0 spiro atoms. The van der Waals surface area contributed by atoms with Crippen LogP contribution in [0.15, 0.2) is 146 Å². The van der Waals surface area contributed by atoms with Crippen molar-refractivity contribution in [3.8, 4) is 45.0 Å². The second kappa shape index (κ2) is 25.2. The van der Waals surface area contributed by atoms with Crippen molar-refractivity contribution in [3.63, 3.8) is 0 Å². The predicted octanol–water partition coefficient (Wildman–Crippen LogP) is 16.5. The van der Waals surface area contributed by atoms with Gasteiger partial charge in [-0.25, -0.2) is 19.9 Å². The summed E-state index contributed by atoms with van der Waals surface area (Å²) in [5.74, 6) is -0.172. The van der Waals surface area contributed by atoms with Crippen molar-refractivity contribution in [2.24, 2.45) is 28.2 Å². The molecule has 0 fully saturated rings. The van der Waals surface area contributed by atoms with E-state index >= 15 is 0 Å². The topological polar surface area (TPSA) is 67.1 Å². The summed E-state index contributed by atoms with van der Waals surface area (Å²) in [4.78, 5) is 23.2. The van der Waals surface area contributed by atoms with Crippen molar-refractivity contribution in [2.75, 3.05) is 0 Å². The van der Waals surface area contributed by atoms with E-state index in [0.29, 0.717) is 5.92 Å². The largest absolute Gasteiger partial charge is 0.289 e. The van der Waals surface area contributed by atoms with Crippen LogP contribution in [-0.2, 0) is 28.2 Å². The molecule has 0 unspecified atom stereocenters. The molecule has 8 heterocycles. The lowest BCUT2D eigenvalue weighted by molar-refractivity contribution is -0.631. The number of hydrogen-bond acceptors (Lipinski definition) is 8. The molecule has 8 nitrogen and oxygen atoms in total. The van der Waals surface area contributed by atoms with E-state index in [0.717, 1.165) is 41.9 Å². The second-order valence-electron chi connectivity index (χ2n) is 19.8. The number of aryl methyl sites for hydroxylation is 10. The first kappa shape index (κ1) is 57.2. The summed E-state index contributed by atoms with van der Waals surface area (Å²) < 4.78 is 17.1. The van der Waals surface area contributed by atoms with Crippen LogP contribution in [0, 0.1) is 41.5 Å². The lowest BCUT2D eigenvalue weighted by Gasteiger charge is -2.03. The minimum atomic E-state index is -0.653. The number of thiazole rings is 4. The van der Waals surface area contributed by atoms with Crippen LogP contribution < -0.4 is 18.3 Å². The Morgan fingerprint density at radius 2 is 0.603 bits per heavy atom. The van der Waals surface area contributed by atoms with Gasteiger partial charge in [-0.3, -0.25) is 0 Å². The van der Waals surface area contributed by atoms with Gasteiger partial charge in [0.2, 0.25) is 22.8 Å². The first-order valence-corrected chi connectivity index (χ1v) is 28.9. The van der Waals surface area contributed by atoms with E-state index < -0.39 is 5.89 Å².